The van der Waals surface area contributed by atoms with Crippen LogP contribution in [0.25, 0.3) is 22.1 Å². The van der Waals surface area contributed by atoms with Crippen LogP contribution < -0.4 is 4.90 Å². The highest BCUT2D eigenvalue weighted by Crippen LogP contribution is 2.48. The molecule has 5 rings (SSSR count). The molecule has 3 aromatic rings. The first-order valence-corrected chi connectivity index (χ1v) is 8.71. The molecule has 3 heteroatoms. The van der Waals surface area contributed by atoms with Gasteiger partial charge in [-0.25, -0.2) is 4.98 Å². The summed E-state index contributed by atoms with van der Waals surface area (Å²) in [5.41, 5.74) is 5.41. The van der Waals surface area contributed by atoms with Crippen LogP contribution in [-0.4, -0.2) is 17.1 Å². The second-order valence-corrected chi connectivity index (χ2v) is 7.39. The van der Waals surface area contributed by atoms with Gasteiger partial charge in [0.15, 0.2) is 5.58 Å². The van der Waals surface area contributed by atoms with Crippen LogP contribution in [0.15, 0.2) is 28.7 Å². The number of hydrogen-bond acceptors (Lipinski definition) is 3. The maximum atomic E-state index is 6.26. The summed E-state index contributed by atoms with van der Waals surface area (Å²) in [6.07, 6.45) is 4.05. The van der Waals surface area contributed by atoms with E-state index in [2.05, 4.69) is 48.0 Å². The first-order valence-electron chi connectivity index (χ1n) is 8.71. The van der Waals surface area contributed by atoms with Crippen molar-refractivity contribution in [1.82, 2.24) is 4.98 Å². The van der Waals surface area contributed by atoms with Crippen LogP contribution in [-0.2, 0) is 0 Å². The SMILES string of the molecule is Cc1ccc2c(n1)oc1c(N3C4CCC(C4)[C@@H]3C)c(C)ccc12. The van der Waals surface area contributed by atoms with E-state index >= 15 is 0 Å². The van der Waals surface area contributed by atoms with Crippen molar-refractivity contribution in [3.63, 3.8) is 0 Å². The molecule has 1 saturated carbocycles. The number of anilines is 1. The minimum absolute atomic E-state index is 0.612. The summed E-state index contributed by atoms with van der Waals surface area (Å²) in [6, 6.07) is 9.93. The zero-order valence-corrected chi connectivity index (χ0v) is 14.0. The average Bonchev–Trinajstić information content (AvgIpc) is 3.20. The molecule has 1 aliphatic carbocycles. The molecule has 2 bridgehead atoms. The predicted octanol–water partition coefficient (Wildman–Crippen LogP) is 4.98. The van der Waals surface area contributed by atoms with Crippen molar-refractivity contribution < 1.29 is 4.42 Å². The first-order chi connectivity index (χ1) is 11.1. The van der Waals surface area contributed by atoms with Crippen molar-refractivity contribution in [2.24, 2.45) is 5.92 Å². The lowest BCUT2D eigenvalue weighted by Gasteiger charge is -2.36. The van der Waals surface area contributed by atoms with E-state index in [1.807, 2.05) is 6.92 Å². The number of hydrogen-bond donors (Lipinski definition) is 0. The van der Waals surface area contributed by atoms with E-state index in [1.165, 1.54) is 35.9 Å². The van der Waals surface area contributed by atoms with Crippen molar-refractivity contribution in [3.8, 4) is 0 Å². The number of aryl methyl sites for hydroxylation is 2. The highest BCUT2D eigenvalue weighted by atomic mass is 16.3. The molecule has 3 nitrogen and oxygen atoms in total. The molecular weight excluding hydrogens is 284 g/mol. The van der Waals surface area contributed by atoms with Gasteiger partial charge in [0.25, 0.3) is 0 Å². The van der Waals surface area contributed by atoms with Gasteiger partial charge in [0.2, 0.25) is 5.71 Å². The van der Waals surface area contributed by atoms with Gasteiger partial charge in [-0.2, -0.15) is 0 Å². The van der Waals surface area contributed by atoms with Crippen LogP contribution >= 0.6 is 0 Å². The molecule has 1 aliphatic heterocycles. The highest BCUT2D eigenvalue weighted by Gasteiger charge is 2.44. The molecule has 2 unspecified atom stereocenters. The lowest BCUT2D eigenvalue weighted by molar-refractivity contribution is 0.453. The van der Waals surface area contributed by atoms with Crippen LogP contribution in [0.2, 0.25) is 0 Å². The summed E-state index contributed by atoms with van der Waals surface area (Å²) < 4.78 is 6.26. The summed E-state index contributed by atoms with van der Waals surface area (Å²) in [4.78, 5) is 7.23. The van der Waals surface area contributed by atoms with Crippen LogP contribution in [0.5, 0.6) is 0 Å². The second-order valence-electron chi connectivity index (χ2n) is 7.39. The molecule has 1 saturated heterocycles. The molecular formula is C20H22N2O. The summed E-state index contributed by atoms with van der Waals surface area (Å²) >= 11 is 0. The molecule has 2 aliphatic rings. The summed E-state index contributed by atoms with van der Waals surface area (Å²) in [7, 11) is 0. The monoisotopic (exact) mass is 306 g/mol. The number of nitrogens with zero attached hydrogens (tertiary/aromatic N) is 2. The van der Waals surface area contributed by atoms with Gasteiger partial charge in [-0.3, -0.25) is 0 Å². The van der Waals surface area contributed by atoms with Crippen molar-refractivity contribution in [2.45, 2.75) is 52.1 Å². The maximum Gasteiger partial charge on any atom is 0.227 e. The Morgan fingerprint density at radius 3 is 2.70 bits per heavy atom. The zero-order valence-electron chi connectivity index (χ0n) is 14.0. The summed E-state index contributed by atoms with van der Waals surface area (Å²) in [6.45, 7) is 6.60. The summed E-state index contributed by atoms with van der Waals surface area (Å²) in [5, 5.41) is 2.33. The number of pyridine rings is 1. The number of fused-ring (bicyclic) bond motifs is 5. The maximum absolute atomic E-state index is 6.26. The Balaban J connectivity index is 1.80. The largest absolute Gasteiger partial charge is 0.436 e. The Kier molecular flexibility index (Phi) is 2.62. The van der Waals surface area contributed by atoms with E-state index in [9.17, 15) is 0 Å². The average molecular weight is 306 g/mol. The van der Waals surface area contributed by atoms with Crippen LogP contribution in [0.3, 0.4) is 0 Å². The fourth-order valence-electron chi connectivity index (χ4n) is 4.85. The van der Waals surface area contributed by atoms with Gasteiger partial charge in [-0.1, -0.05) is 12.1 Å². The minimum atomic E-state index is 0.612. The number of furan rings is 1. The number of aromatic nitrogens is 1. The highest BCUT2D eigenvalue weighted by molar-refractivity contribution is 6.08. The Labute approximate surface area is 136 Å². The van der Waals surface area contributed by atoms with Crippen LogP contribution in [0, 0.1) is 19.8 Å². The third-order valence-corrected chi connectivity index (χ3v) is 6.04. The Hall–Kier alpha value is -2.03. The van der Waals surface area contributed by atoms with Crippen molar-refractivity contribution in [1.29, 1.82) is 0 Å². The topological polar surface area (TPSA) is 29.3 Å². The van der Waals surface area contributed by atoms with E-state index in [0.717, 1.165) is 28.3 Å². The van der Waals surface area contributed by atoms with E-state index < -0.39 is 0 Å². The first kappa shape index (κ1) is 13.4. The molecule has 23 heavy (non-hydrogen) atoms. The molecule has 0 amide bonds. The molecule has 2 fully saturated rings. The summed E-state index contributed by atoms with van der Waals surface area (Å²) in [5.74, 6) is 0.847. The van der Waals surface area contributed by atoms with Crippen molar-refractivity contribution in [3.05, 3.63) is 35.5 Å². The third kappa shape index (κ3) is 1.73. The molecule has 2 aromatic heterocycles. The van der Waals surface area contributed by atoms with Gasteiger partial charge >= 0.3 is 0 Å². The minimum Gasteiger partial charge on any atom is -0.436 e. The van der Waals surface area contributed by atoms with Gasteiger partial charge in [0.05, 0.1) is 5.69 Å². The Bertz CT molecular complexity index is 924. The predicted molar refractivity (Wildman–Crippen MR) is 94.1 cm³/mol. The molecule has 118 valence electrons. The van der Waals surface area contributed by atoms with E-state index in [-0.39, 0.29) is 0 Å². The van der Waals surface area contributed by atoms with Crippen molar-refractivity contribution >= 4 is 27.8 Å². The molecule has 0 N–H and O–H groups in total. The zero-order chi connectivity index (χ0) is 15.7. The van der Waals surface area contributed by atoms with Crippen molar-refractivity contribution in [2.75, 3.05) is 4.90 Å². The van der Waals surface area contributed by atoms with Gasteiger partial charge in [-0.05, 0) is 63.6 Å². The van der Waals surface area contributed by atoms with E-state index in [4.69, 9.17) is 4.42 Å². The number of rotatable bonds is 1. The molecule has 0 radical (unpaired) electrons. The van der Waals surface area contributed by atoms with E-state index in [1.54, 1.807) is 0 Å². The fraction of sp³-hybridized carbons (Fsp3) is 0.450. The van der Waals surface area contributed by atoms with Gasteiger partial charge in [-0.15, -0.1) is 0 Å². The molecule has 0 spiro atoms. The lowest BCUT2D eigenvalue weighted by Crippen LogP contribution is -2.39. The van der Waals surface area contributed by atoms with E-state index in [0.29, 0.717) is 12.1 Å². The molecule has 1 aromatic carbocycles. The lowest BCUT2D eigenvalue weighted by atomic mass is 9.98. The molecule has 3 heterocycles. The van der Waals surface area contributed by atoms with Gasteiger partial charge in [0.1, 0.15) is 0 Å². The van der Waals surface area contributed by atoms with Crippen LogP contribution in [0.4, 0.5) is 5.69 Å². The van der Waals surface area contributed by atoms with Gasteiger partial charge < -0.3 is 9.32 Å². The smallest absolute Gasteiger partial charge is 0.227 e. The number of piperidine rings is 1. The normalized spacial score (nSPS) is 26.7. The second kappa shape index (κ2) is 4.50. The Morgan fingerprint density at radius 1 is 1.09 bits per heavy atom. The van der Waals surface area contributed by atoms with Crippen LogP contribution in [0.1, 0.15) is 37.4 Å². The van der Waals surface area contributed by atoms with Gasteiger partial charge in [0, 0.05) is 28.6 Å². The molecule has 3 atom stereocenters. The fourth-order valence-corrected chi connectivity index (χ4v) is 4.85. The standard InChI is InChI=1S/C20H22N2O/c1-11-4-8-16-17-9-5-12(2)21-20(17)23-19(16)18(11)22-13(3)14-6-7-15(22)10-14/h4-5,8-9,13-15H,6-7,10H2,1-3H3/t13-,14?,15?/m0/s1. The third-order valence-electron chi connectivity index (χ3n) is 6.04. The quantitative estimate of drug-likeness (QED) is 0.635. The Morgan fingerprint density at radius 2 is 1.91 bits per heavy atom. The number of benzene rings is 1.